The van der Waals surface area contributed by atoms with Crippen LogP contribution in [-0.4, -0.2) is 33.6 Å². The van der Waals surface area contributed by atoms with Crippen molar-refractivity contribution in [3.05, 3.63) is 119 Å². The lowest BCUT2D eigenvalue weighted by molar-refractivity contribution is 0.0789. The number of ether oxygens (including phenoxy) is 2. The van der Waals surface area contributed by atoms with E-state index in [1.165, 1.54) is 4.31 Å². The fourth-order valence-electron chi connectivity index (χ4n) is 4.27. The first-order chi connectivity index (χ1) is 18.8. The molecule has 0 spiro atoms. The fraction of sp³-hybridized carbons (Fsp3) is 0.167. The Balaban J connectivity index is 1.31. The van der Waals surface area contributed by atoms with Gasteiger partial charge in [-0.05, 0) is 66.6 Å². The van der Waals surface area contributed by atoms with Crippen molar-refractivity contribution in [2.45, 2.75) is 24.5 Å². The summed E-state index contributed by atoms with van der Waals surface area (Å²) in [6.45, 7) is 2.52. The third kappa shape index (κ3) is 6.02. The van der Waals surface area contributed by atoms with E-state index in [1.54, 1.807) is 72.8 Å². The molecule has 9 heteroatoms. The zero-order chi connectivity index (χ0) is 27.4. The van der Waals surface area contributed by atoms with Gasteiger partial charge >= 0.3 is 0 Å². The van der Waals surface area contributed by atoms with Crippen LogP contribution in [0.2, 0.25) is 5.02 Å². The van der Waals surface area contributed by atoms with E-state index in [-0.39, 0.29) is 30.0 Å². The number of carbonyl (C=O) groups is 1. The van der Waals surface area contributed by atoms with Crippen molar-refractivity contribution in [1.29, 1.82) is 0 Å². The molecule has 0 saturated carbocycles. The maximum Gasteiger partial charge on any atom is 0.264 e. The van der Waals surface area contributed by atoms with Crippen molar-refractivity contribution < 1.29 is 22.7 Å². The lowest BCUT2D eigenvalue weighted by Crippen LogP contribution is -2.40. The van der Waals surface area contributed by atoms with Gasteiger partial charge in [0.25, 0.3) is 15.9 Å². The van der Waals surface area contributed by atoms with E-state index >= 15 is 0 Å². The Labute approximate surface area is 233 Å². The monoisotopic (exact) mass is 562 g/mol. The lowest BCUT2D eigenvalue weighted by Gasteiger charge is -2.27. The van der Waals surface area contributed by atoms with Crippen molar-refractivity contribution in [2.24, 2.45) is 0 Å². The molecular formula is C30H27ClN2O5S. The Hall–Kier alpha value is -4.01. The van der Waals surface area contributed by atoms with Crippen LogP contribution in [0.25, 0.3) is 0 Å². The average Bonchev–Trinajstić information content (AvgIpc) is 2.96. The first-order valence-electron chi connectivity index (χ1n) is 12.4. The number of nitrogens with one attached hydrogen (secondary N) is 1. The first kappa shape index (κ1) is 26.6. The third-order valence-electron chi connectivity index (χ3n) is 6.37. The number of rotatable bonds is 8. The molecule has 0 saturated heterocycles. The minimum absolute atomic E-state index is 0.0625. The predicted molar refractivity (Wildman–Crippen MR) is 151 cm³/mol. The summed E-state index contributed by atoms with van der Waals surface area (Å²) in [6, 6.07) is 27.7. The number of aryl methyl sites for hydroxylation is 1. The third-order valence-corrected chi connectivity index (χ3v) is 8.38. The van der Waals surface area contributed by atoms with Gasteiger partial charge in [0.15, 0.2) is 11.5 Å². The zero-order valence-electron chi connectivity index (χ0n) is 21.2. The van der Waals surface area contributed by atoms with E-state index in [4.69, 9.17) is 21.1 Å². The summed E-state index contributed by atoms with van der Waals surface area (Å²) in [5.74, 6) is 1.08. The Morgan fingerprint density at radius 1 is 0.949 bits per heavy atom. The summed E-state index contributed by atoms with van der Waals surface area (Å²) >= 11 is 6.24. The van der Waals surface area contributed by atoms with Crippen LogP contribution in [0.1, 0.15) is 21.5 Å². The molecule has 1 atom stereocenters. The number of carbonyl (C=O) groups excluding carboxylic acids is 1. The molecule has 1 aliphatic heterocycles. The second kappa shape index (κ2) is 11.4. The van der Waals surface area contributed by atoms with Crippen LogP contribution in [-0.2, 0) is 16.6 Å². The molecule has 1 aliphatic rings. The zero-order valence-corrected chi connectivity index (χ0v) is 22.8. The second-order valence-electron chi connectivity index (χ2n) is 9.16. The predicted octanol–water partition coefficient (Wildman–Crippen LogP) is 5.61. The summed E-state index contributed by atoms with van der Waals surface area (Å²) in [5, 5.41) is 3.32. The maximum absolute atomic E-state index is 13.7. The fourth-order valence-corrected chi connectivity index (χ4v) is 5.97. The Morgan fingerprint density at radius 3 is 2.38 bits per heavy atom. The quantitative estimate of drug-likeness (QED) is 0.301. The largest absolute Gasteiger partial charge is 0.486 e. The molecule has 0 fully saturated rings. The van der Waals surface area contributed by atoms with Gasteiger partial charge in [0.05, 0.1) is 23.7 Å². The Morgan fingerprint density at radius 2 is 1.64 bits per heavy atom. The SMILES string of the molecule is Cc1ccc(Cl)cc1N(Cc1ccc(C(=O)NCC2COc3ccccc3O2)cc1)S(=O)(=O)c1ccccc1. The standard InChI is InChI=1S/C30H27ClN2O5S/c1-21-11-16-24(31)17-27(21)33(39(35,36)26-7-3-2-4-8-26)19-22-12-14-23(15-13-22)30(34)32-18-25-20-37-28-9-5-6-10-29(28)38-25/h2-17,25H,18-20H2,1H3,(H,32,34). The van der Waals surface area contributed by atoms with Gasteiger partial charge in [0.1, 0.15) is 12.7 Å². The summed E-state index contributed by atoms with van der Waals surface area (Å²) in [6.07, 6.45) is -0.305. The number of fused-ring (bicyclic) bond motifs is 1. The number of sulfonamides is 1. The number of para-hydroxylation sites is 2. The number of anilines is 1. The molecule has 1 amide bonds. The molecule has 1 heterocycles. The van der Waals surface area contributed by atoms with Crippen molar-refractivity contribution in [2.75, 3.05) is 17.5 Å². The number of halogens is 1. The van der Waals surface area contributed by atoms with Gasteiger partial charge < -0.3 is 14.8 Å². The Bertz CT molecular complexity index is 1580. The highest BCUT2D eigenvalue weighted by atomic mass is 35.5. The highest BCUT2D eigenvalue weighted by molar-refractivity contribution is 7.92. The highest BCUT2D eigenvalue weighted by Crippen LogP contribution is 2.32. The molecule has 39 heavy (non-hydrogen) atoms. The molecule has 0 bridgehead atoms. The van der Waals surface area contributed by atoms with Crippen LogP contribution in [0, 0.1) is 6.92 Å². The first-order valence-corrected chi connectivity index (χ1v) is 14.2. The number of nitrogens with zero attached hydrogens (tertiary/aromatic N) is 1. The highest BCUT2D eigenvalue weighted by Gasteiger charge is 2.27. The van der Waals surface area contributed by atoms with Crippen LogP contribution < -0.4 is 19.1 Å². The molecule has 1 N–H and O–H groups in total. The molecule has 4 aromatic carbocycles. The van der Waals surface area contributed by atoms with Gasteiger partial charge in [-0.25, -0.2) is 8.42 Å². The molecule has 0 radical (unpaired) electrons. The van der Waals surface area contributed by atoms with Crippen LogP contribution in [0.3, 0.4) is 0 Å². The summed E-state index contributed by atoms with van der Waals surface area (Å²) in [4.78, 5) is 13.0. The van der Waals surface area contributed by atoms with Crippen LogP contribution in [0.5, 0.6) is 11.5 Å². The minimum Gasteiger partial charge on any atom is -0.486 e. The molecule has 1 unspecified atom stereocenters. The van der Waals surface area contributed by atoms with Crippen molar-refractivity contribution in [3.63, 3.8) is 0 Å². The van der Waals surface area contributed by atoms with E-state index in [1.807, 2.05) is 31.2 Å². The number of hydrogen-bond acceptors (Lipinski definition) is 5. The van der Waals surface area contributed by atoms with E-state index in [0.29, 0.717) is 39.9 Å². The van der Waals surface area contributed by atoms with Crippen LogP contribution in [0.4, 0.5) is 5.69 Å². The summed E-state index contributed by atoms with van der Waals surface area (Å²) < 4.78 is 40.3. The van der Waals surface area contributed by atoms with Crippen LogP contribution >= 0.6 is 11.6 Å². The topological polar surface area (TPSA) is 84.9 Å². The Kier molecular flexibility index (Phi) is 7.77. The maximum atomic E-state index is 13.7. The molecule has 7 nitrogen and oxygen atoms in total. The van der Waals surface area contributed by atoms with Gasteiger partial charge in [-0.3, -0.25) is 9.10 Å². The molecule has 5 rings (SSSR count). The van der Waals surface area contributed by atoms with E-state index in [0.717, 1.165) is 5.56 Å². The van der Waals surface area contributed by atoms with E-state index < -0.39 is 10.0 Å². The average molecular weight is 563 g/mol. The molecule has 4 aromatic rings. The van der Waals surface area contributed by atoms with Gasteiger partial charge in [-0.1, -0.05) is 60.1 Å². The second-order valence-corrected chi connectivity index (χ2v) is 11.5. The van der Waals surface area contributed by atoms with Gasteiger partial charge in [-0.15, -0.1) is 0 Å². The molecule has 0 aromatic heterocycles. The van der Waals surface area contributed by atoms with Gasteiger partial charge in [0, 0.05) is 10.6 Å². The van der Waals surface area contributed by atoms with Gasteiger partial charge in [0.2, 0.25) is 0 Å². The molecule has 0 aliphatic carbocycles. The van der Waals surface area contributed by atoms with Crippen molar-refractivity contribution in [3.8, 4) is 11.5 Å². The van der Waals surface area contributed by atoms with E-state index in [9.17, 15) is 13.2 Å². The van der Waals surface area contributed by atoms with E-state index in [2.05, 4.69) is 5.32 Å². The number of hydrogen-bond donors (Lipinski definition) is 1. The minimum atomic E-state index is -3.89. The van der Waals surface area contributed by atoms with Crippen molar-refractivity contribution in [1.82, 2.24) is 5.32 Å². The number of amides is 1. The normalized spacial score (nSPS) is 14.5. The van der Waals surface area contributed by atoms with Crippen LogP contribution in [0.15, 0.2) is 102 Å². The molecular weight excluding hydrogens is 536 g/mol. The van der Waals surface area contributed by atoms with Crippen molar-refractivity contribution >= 4 is 33.2 Å². The lowest BCUT2D eigenvalue weighted by atomic mass is 10.1. The molecule has 200 valence electrons. The smallest absolute Gasteiger partial charge is 0.264 e. The van der Waals surface area contributed by atoms with Gasteiger partial charge in [-0.2, -0.15) is 0 Å². The number of benzene rings is 4. The summed E-state index contributed by atoms with van der Waals surface area (Å²) in [5.41, 5.74) is 2.43. The summed E-state index contributed by atoms with van der Waals surface area (Å²) in [7, 11) is -3.89.